The average Bonchev–Trinajstić information content (AvgIpc) is 2.33. The molecule has 7 heteroatoms. The number of hydrogen-bond donors (Lipinski definition) is 0. The molecule has 0 amide bonds. The van der Waals surface area contributed by atoms with Gasteiger partial charge in [0.05, 0.1) is 17.0 Å². The van der Waals surface area contributed by atoms with E-state index >= 15 is 0 Å². The topological polar surface area (TPSA) is 65.1 Å². The maximum atomic E-state index is 13.4. The summed E-state index contributed by atoms with van der Waals surface area (Å²) in [4.78, 5) is 21.7. The number of hydrogen-bond acceptors (Lipinski definition) is 3. The van der Waals surface area contributed by atoms with Gasteiger partial charge >= 0.3 is 5.69 Å². The minimum Gasteiger partial charge on any atom is -0.310 e. The van der Waals surface area contributed by atoms with E-state index in [4.69, 9.17) is 0 Å². The smallest absolute Gasteiger partial charge is 0.309 e. The highest BCUT2D eigenvalue weighted by molar-refractivity contribution is 9.10. The Morgan fingerprint density at radius 2 is 2.05 bits per heavy atom. The fourth-order valence-corrected chi connectivity index (χ4v) is 2.08. The molecular formula is C12H8BrFN2O3. The van der Waals surface area contributed by atoms with Crippen molar-refractivity contribution in [1.82, 2.24) is 4.57 Å². The van der Waals surface area contributed by atoms with Gasteiger partial charge in [-0.1, -0.05) is 12.1 Å². The van der Waals surface area contributed by atoms with Crippen LogP contribution in [0.2, 0.25) is 0 Å². The number of halogens is 2. The van der Waals surface area contributed by atoms with Crippen LogP contribution in [0.5, 0.6) is 0 Å². The van der Waals surface area contributed by atoms with Gasteiger partial charge < -0.3 is 4.57 Å². The van der Waals surface area contributed by atoms with Gasteiger partial charge in [-0.15, -0.1) is 0 Å². The average molecular weight is 327 g/mol. The second-order valence-corrected chi connectivity index (χ2v) is 4.73. The van der Waals surface area contributed by atoms with Gasteiger partial charge in [0.1, 0.15) is 0 Å². The van der Waals surface area contributed by atoms with Crippen LogP contribution in [0.4, 0.5) is 10.1 Å². The van der Waals surface area contributed by atoms with E-state index < -0.39 is 16.4 Å². The number of nitro groups is 1. The zero-order valence-corrected chi connectivity index (χ0v) is 11.1. The minimum atomic E-state index is -0.912. The SMILES string of the molecule is O=c1ccc(Br)cn1Cc1cccc(F)c1[N+](=O)[O-]. The summed E-state index contributed by atoms with van der Waals surface area (Å²) >= 11 is 3.20. The molecule has 98 valence electrons. The number of rotatable bonds is 3. The molecular weight excluding hydrogens is 319 g/mol. The molecule has 5 nitrogen and oxygen atoms in total. The number of aromatic nitrogens is 1. The van der Waals surface area contributed by atoms with E-state index in [-0.39, 0.29) is 17.7 Å². The molecule has 0 saturated carbocycles. The lowest BCUT2D eigenvalue weighted by Crippen LogP contribution is -2.19. The Kier molecular flexibility index (Phi) is 3.75. The van der Waals surface area contributed by atoms with Gasteiger partial charge in [-0.05, 0) is 28.1 Å². The van der Waals surface area contributed by atoms with Crippen molar-refractivity contribution in [2.45, 2.75) is 6.54 Å². The summed E-state index contributed by atoms with van der Waals surface area (Å²) < 4.78 is 15.4. The number of pyridine rings is 1. The Balaban J connectivity index is 2.50. The second kappa shape index (κ2) is 5.31. The van der Waals surface area contributed by atoms with Crippen LogP contribution in [0.3, 0.4) is 0 Å². The highest BCUT2D eigenvalue weighted by Gasteiger charge is 2.19. The lowest BCUT2D eigenvalue weighted by molar-refractivity contribution is -0.388. The first-order valence-electron chi connectivity index (χ1n) is 5.27. The van der Waals surface area contributed by atoms with E-state index in [1.165, 1.54) is 29.0 Å². The van der Waals surface area contributed by atoms with Gasteiger partial charge in [-0.2, -0.15) is 4.39 Å². The summed E-state index contributed by atoms with van der Waals surface area (Å²) in [5.41, 5.74) is -0.777. The Morgan fingerprint density at radius 3 is 2.74 bits per heavy atom. The van der Waals surface area contributed by atoms with E-state index in [9.17, 15) is 19.3 Å². The zero-order chi connectivity index (χ0) is 14.0. The van der Waals surface area contributed by atoms with Gasteiger partial charge in [0.2, 0.25) is 5.82 Å². The van der Waals surface area contributed by atoms with Gasteiger partial charge in [0.15, 0.2) is 0 Å². The van der Waals surface area contributed by atoms with Crippen molar-refractivity contribution < 1.29 is 9.31 Å². The van der Waals surface area contributed by atoms with Crippen molar-refractivity contribution >= 4 is 21.6 Å². The van der Waals surface area contributed by atoms with E-state index in [0.29, 0.717) is 4.47 Å². The first-order valence-corrected chi connectivity index (χ1v) is 6.06. The zero-order valence-electron chi connectivity index (χ0n) is 9.55. The van der Waals surface area contributed by atoms with Crippen molar-refractivity contribution in [3.8, 4) is 0 Å². The van der Waals surface area contributed by atoms with Crippen molar-refractivity contribution in [2.75, 3.05) is 0 Å². The molecule has 0 aliphatic rings. The van der Waals surface area contributed by atoms with Crippen LogP contribution in [0.1, 0.15) is 5.56 Å². The number of nitro benzene ring substituents is 1. The van der Waals surface area contributed by atoms with Crippen LogP contribution in [0.25, 0.3) is 0 Å². The molecule has 0 aliphatic heterocycles. The van der Waals surface area contributed by atoms with E-state index in [1.807, 2.05) is 0 Å². The molecule has 0 saturated heterocycles. The van der Waals surface area contributed by atoms with Crippen LogP contribution in [-0.4, -0.2) is 9.49 Å². The fourth-order valence-electron chi connectivity index (χ4n) is 1.70. The van der Waals surface area contributed by atoms with Crippen molar-refractivity contribution in [1.29, 1.82) is 0 Å². The Hall–Kier alpha value is -2.02. The molecule has 2 rings (SSSR count). The predicted molar refractivity (Wildman–Crippen MR) is 70.6 cm³/mol. The maximum absolute atomic E-state index is 13.4. The molecule has 0 fully saturated rings. The van der Waals surface area contributed by atoms with Crippen LogP contribution in [0.15, 0.2) is 45.8 Å². The molecule has 2 aromatic rings. The molecule has 0 spiro atoms. The molecule has 1 aromatic carbocycles. The Labute approximate surface area is 115 Å². The first kappa shape index (κ1) is 13.4. The maximum Gasteiger partial charge on any atom is 0.309 e. The third-order valence-corrected chi connectivity index (χ3v) is 3.01. The predicted octanol–water partition coefficient (Wildman–Crippen LogP) is 2.71. The summed E-state index contributed by atoms with van der Waals surface area (Å²) in [5, 5.41) is 10.9. The molecule has 1 aromatic heterocycles. The standard InChI is InChI=1S/C12H8BrFN2O3/c13-9-4-5-11(17)15(7-9)6-8-2-1-3-10(14)12(8)16(18)19/h1-5,7H,6H2. The molecule has 1 heterocycles. The van der Waals surface area contributed by atoms with E-state index in [1.54, 1.807) is 6.07 Å². The third kappa shape index (κ3) is 2.87. The number of nitrogens with zero attached hydrogens (tertiary/aromatic N) is 2. The quantitative estimate of drug-likeness (QED) is 0.643. The number of benzene rings is 1. The summed E-state index contributed by atoms with van der Waals surface area (Å²) in [5.74, 6) is -0.912. The molecule has 0 unspecified atom stereocenters. The molecule has 19 heavy (non-hydrogen) atoms. The van der Waals surface area contributed by atoms with Gasteiger partial charge in [0, 0.05) is 16.7 Å². The lowest BCUT2D eigenvalue weighted by Gasteiger charge is -2.07. The minimum absolute atomic E-state index is 0.0631. The first-order chi connectivity index (χ1) is 8.99. The number of para-hydroxylation sites is 1. The highest BCUT2D eigenvalue weighted by atomic mass is 79.9. The van der Waals surface area contributed by atoms with Gasteiger partial charge in [0.25, 0.3) is 5.56 Å². The van der Waals surface area contributed by atoms with Gasteiger partial charge in [-0.25, -0.2) is 0 Å². The highest BCUT2D eigenvalue weighted by Crippen LogP contribution is 2.23. The van der Waals surface area contributed by atoms with Crippen LogP contribution in [-0.2, 0) is 6.54 Å². The van der Waals surface area contributed by atoms with E-state index in [0.717, 1.165) is 6.07 Å². The largest absolute Gasteiger partial charge is 0.310 e. The molecule has 0 atom stereocenters. The fraction of sp³-hybridized carbons (Fsp3) is 0.0833. The summed E-state index contributed by atoms with van der Waals surface area (Å²) in [6.07, 6.45) is 1.50. The van der Waals surface area contributed by atoms with E-state index in [2.05, 4.69) is 15.9 Å². The molecule has 0 aliphatic carbocycles. The third-order valence-electron chi connectivity index (χ3n) is 2.54. The second-order valence-electron chi connectivity index (χ2n) is 3.82. The lowest BCUT2D eigenvalue weighted by atomic mass is 10.1. The van der Waals surface area contributed by atoms with Crippen molar-refractivity contribution in [3.63, 3.8) is 0 Å². The summed E-state index contributed by atoms with van der Waals surface area (Å²) in [6.45, 7) is -0.0631. The summed E-state index contributed by atoms with van der Waals surface area (Å²) in [7, 11) is 0. The normalized spacial score (nSPS) is 10.4. The molecule has 0 N–H and O–H groups in total. The van der Waals surface area contributed by atoms with Crippen molar-refractivity contribution in [2.24, 2.45) is 0 Å². The Morgan fingerprint density at radius 1 is 1.32 bits per heavy atom. The monoisotopic (exact) mass is 326 g/mol. The molecule has 0 radical (unpaired) electrons. The summed E-state index contributed by atoms with van der Waals surface area (Å²) in [6, 6.07) is 6.72. The van der Waals surface area contributed by atoms with Crippen LogP contribution < -0.4 is 5.56 Å². The van der Waals surface area contributed by atoms with Crippen LogP contribution >= 0.6 is 15.9 Å². The van der Waals surface area contributed by atoms with Crippen molar-refractivity contribution in [3.05, 3.63) is 72.9 Å². The Bertz CT molecular complexity index is 700. The van der Waals surface area contributed by atoms with Crippen LogP contribution in [0, 0.1) is 15.9 Å². The van der Waals surface area contributed by atoms with Gasteiger partial charge in [-0.3, -0.25) is 14.9 Å². The molecule has 0 bridgehead atoms.